The van der Waals surface area contributed by atoms with Crippen LogP contribution in [-0.4, -0.2) is 43.2 Å². The molecule has 0 aliphatic heterocycles. The van der Waals surface area contributed by atoms with E-state index in [0.29, 0.717) is 22.3 Å². The van der Waals surface area contributed by atoms with Crippen molar-refractivity contribution < 1.29 is 31.6 Å². The number of aromatic nitrogens is 1. The lowest BCUT2D eigenvalue weighted by Crippen LogP contribution is -2.40. The molecule has 0 amide bonds. The van der Waals surface area contributed by atoms with Crippen LogP contribution in [0.3, 0.4) is 0 Å². The van der Waals surface area contributed by atoms with Crippen molar-refractivity contribution in [2.75, 3.05) is 26.1 Å². The number of fused-ring (bicyclic) bond motifs is 1. The summed E-state index contributed by atoms with van der Waals surface area (Å²) in [5, 5.41) is 4.30. The first-order chi connectivity index (χ1) is 15.9. The van der Waals surface area contributed by atoms with Crippen molar-refractivity contribution in [1.82, 2.24) is 5.16 Å². The minimum atomic E-state index is -4.21. The lowest BCUT2D eigenvalue weighted by molar-refractivity contribution is 0.267. The minimum Gasteiger partial charge on any atom is -0.496 e. The molecular weight excluding hydrogens is 476 g/mol. The van der Waals surface area contributed by atoms with Gasteiger partial charge in [-0.05, 0) is 42.4 Å². The first-order valence-electron chi connectivity index (χ1n) is 10.7. The van der Waals surface area contributed by atoms with Gasteiger partial charge in [-0.1, -0.05) is 32.0 Å². The highest BCUT2D eigenvalue weighted by molar-refractivity contribution is 7.93. The largest absolute Gasteiger partial charge is 0.496 e. The predicted molar refractivity (Wildman–Crippen MR) is 133 cm³/mol. The normalized spacial score (nSPS) is 12.6. The molecule has 9 nitrogen and oxygen atoms in total. The maximum Gasteiger partial charge on any atom is 0.270 e. The Balaban J connectivity index is 2.07. The number of benzene rings is 2. The van der Waals surface area contributed by atoms with Crippen LogP contribution in [0.25, 0.3) is 11.0 Å². The number of hydrogen-bond donors (Lipinski definition) is 1. The Bertz CT molecular complexity index is 1280. The van der Waals surface area contributed by atoms with Gasteiger partial charge in [0.2, 0.25) is 0 Å². The van der Waals surface area contributed by atoms with E-state index >= 15 is 0 Å². The Morgan fingerprint density at radius 1 is 1.00 bits per heavy atom. The number of sulfonamides is 1. The average Bonchev–Trinajstić information content (AvgIpc) is 3.18. The molecule has 3 rings (SSSR count). The molecule has 34 heavy (non-hydrogen) atoms. The van der Waals surface area contributed by atoms with Crippen LogP contribution >= 0.6 is 0 Å². The van der Waals surface area contributed by atoms with Crippen molar-refractivity contribution in [3.8, 4) is 17.2 Å². The predicted octanol–water partition coefficient (Wildman–Crippen LogP) is 5.18. The van der Waals surface area contributed by atoms with Crippen LogP contribution in [0.4, 0.5) is 5.82 Å². The molecule has 1 N–H and O–H groups in total. The van der Waals surface area contributed by atoms with E-state index in [9.17, 15) is 8.42 Å². The van der Waals surface area contributed by atoms with E-state index in [0.717, 1.165) is 0 Å². The summed E-state index contributed by atoms with van der Waals surface area (Å²) < 4.78 is 57.6. The Morgan fingerprint density at radius 3 is 2.26 bits per heavy atom. The second-order valence-electron chi connectivity index (χ2n) is 9.31. The number of nitrogens with zero attached hydrogens (tertiary/aromatic N) is 1. The van der Waals surface area contributed by atoms with E-state index in [1.807, 2.05) is 0 Å². The maximum absolute atomic E-state index is 13.6. The maximum atomic E-state index is 13.6. The zero-order chi connectivity index (χ0) is 25.3. The summed E-state index contributed by atoms with van der Waals surface area (Å²) in [5.41, 5.74) is 0.976. The van der Waals surface area contributed by atoms with Gasteiger partial charge in [-0.3, -0.25) is 4.72 Å². The molecule has 3 aromatic rings. The van der Waals surface area contributed by atoms with Gasteiger partial charge in [-0.2, -0.15) is 0 Å². The van der Waals surface area contributed by atoms with Gasteiger partial charge in [0.1, 0.15) is 22.6 Å². The summed E-state index contributed by atoms with van der Waals surface area (Å²) in [6.07, 6.45) is 0. The van der Waals surface area contributed by atoms with Gasteiger partial charge in [0.15, 0.2) is 24.6 Å². The summed E-state index contributed by atoms with van der Waals surface area (Å²) in [5.74, 6) is 0.692. The zero-order valence-electron chi connectivity index (χ0n) is 20.8. The lowest BCUT2D eigenvalue weighted by Gasteiger charge is -2.36. The summed E-state index contributed by atoms with van der Waals surface area (Å²) in [4.78, 5) is -0.153. The van der Waals surface area contributed by atoms with Crippen molar-refractivity contribution in [2.24, 2.45) is 0 Å². The molecule has 0 radical (unpaired) electrons. The smallest absolute Gasteiger partial charge is 0.270 e. The highest BCUT2D eigenvalue weighted by Gasteiger charge is 2.38. The quantitative estimate of drug-likeness (QED) is 0.394. The standard InChI is InChI=1S/C23H32N2O7SSi/c1-23(2,3)34(7,8)31-14-15-12-13-18(29-5)21(20(15)30-6)33(26,27)25-22-19-16(28-4)10-9-11-17(19)32-24-22/h9-13H,14H2,1-8H3,(H,24,25). The van der Waals surface area contributed by atoms with E-state index in [2.05, 4.69) is 43.7 Å². The minimum absolute atomic E-state index is 0.000479. The Kier molecular flexibility index (Phi) is 7.20. The Labute approximate surface area is 201 Å². The molecule has 0 spiro atoms. The average molecular weight is 509 g/mol. The van der Waals surface area contributed by atoms with Gasteiger partial charge in [-0.15, -0.1) is 0 Å². The number of anilines is 1. The van der Waals surface area contributed by atoms with Gasteiger partial charge in [0, 0.05) is 5.56 Å². The molecule has 186 valence electrons. The monoisotopic (exact) mass is 508 g/mol. The Hall–Kier alpha value is -2.76. The molecule has 0 saturated carbocycles. The molecular formula is C23H32N2O7SSi. The van der Waals surface area contributed by atoms with Crippen LogP contribution in [0.1, 0.15) is 26.3 Å². The van der Waals surface area contributed by atoms with Crippen molar-refractivity contribution in [2.45, 2.75) is 50.4 Å². The molecule has 2 aromatic carbocycles. The lowest BCUT2D eigenvalue weighted by atomic mass is 10.2. The first kappa shape index (κ1) is 25.9. The van der Waals surface area contributed by atoms with Crippen molar-refractivity contribution in [3.63, 3.8) is 0 Å². The number of methoxy groups -OCH3 is 3. The fourth-order valence-corrected chi connectivity index (χ4v) is 5.51. The highest BCUT2D eigenvalue weighted by atomic mass is 32.2. The van der Waals surface area contributed by atoms with Crippen LogP contribution in [0.15, 0.2) is 39.8 Å². The third-order valence-electron chi connectivity index (χ3n) is 6.16. The van der Waals surface area contributed by atoms with E-state index in [4.69, 9.17) is 23.2 Å². The number of rotatable bonds is 9. The molecule has 0 bridgehead atoms. The first-order valence-corrected chi connectivity index (χ1v) is 15.1. The topological polar surface area (TPSA) is 109 Å². The zero-order valence-corrected chi connectivity index (χ0v) is 22.6. The second kappa shape index (κ2) is 9.47. The van der Waals surface area contributed by atoms with E-state index < -0.39 is 18.3 Å². The molecule has 0 unspecified atom stereocenters. The van der Waals surface area contributed by atoms with Crippen LogP contribution in [0, 0.1) is 0 Å². The summed E-state index contributed by atoms with van der Waals surface area (Å²) in [6, 6.07) is 8.42. The molecule has 0 atom stereocenters. The van der Waals surface area contributed by atoms with Crippen molar-refractivity contribution >= 4 is 35.1 Å². The van der Waals surface area contributed by atoms with Gasteiger partial charge < -0.3 is 23.2 Å². The molecule has 0 aliphatic rings. The third-order valence-corrected chi connectivity index (χ3v) is 12.0. The number of ether oxygens (including phenoxy) is 3. The summed E-state index contributed by atoms with van der Waals surface area (Å²) in [7, 11) is -2.01. The molecule has 0 fully saturated rings. The van der Waals surface area contributed by atoms with Crippen LogP contribution in [0.2, 0.25) is 18.1 Å². The highest BCUT2D eigenvalue weighted by Crippen LogP contribution is 2.41. The molecule has 11 heteroatoms. The van der Waals surface area contributed by atoms with Crippen LogP contribution in [-0.2, 0) is 21.1 Å². The van der Waals surface area contributed by atoms with Crippen molar-refractivity contribution in [3.05, 3.63) is 35.9 Å². The fourth-order valence-electron chi connectivity index (χ4n) is 3.19. The van der Waals surface area contributed by atoms with Crippen LogP contribution < -0.4 is 18.9 Å². The van der Waals surface area contributed by atoms with Gasteiger partial charge in [-0.25, -0.2) is 8.42 Å². The van der Waals surface area contributed by atoms with Crippen molar-refractivity contribution in [1.29, 1.82) is 0 Å². The van der Waals surface area contributed by atoms with Gasteiger partial charge in [0.25, 0.3) is 10.0 Å². The van der Waals surface area contributed by atoms with Crippen LogP contribution in [0.5, 0.6) is 17.2 Å². The van der Waals surface area contributed by atoms with E-state index in [1.54, 1.807) is 30.3 Å². The number of hydrogen-bond acceptors (Lipinski definition) is 8. The number of nitrogens with one attached hydrogen (secondary N) is 1. The summed E-state index contributed by atoms with van der Waals surface area (Å²) in [6.45, 7) is 10.9. The van der Waals surface area contributed by atoms with Gasteiger partial charge in [0.05, 0.1) is 27.9 Å². The van der Waals surface area contributed by atoms with E-state index in [1.165, 1.54) is 21.3 Å². The molecule has 1 aromatic heterocycles. The molecule has 0 aliphatic carbocycles. The third kappa shape index (κ3) is 4.86. The Morgan fingerprint density at radius 2 is 1.68 bits per heavy atom. The fraction of sp³-hybridized carbons (Fsp3) is 0.435. The molecule has 1 heterocycles. The summed E-state index contributed by atoms with van der Waals surface area (Å²) >= 11 is 0. The second-order valence-corrected chi connectivity index (χ2v) is 15.7. The van der Waals surface area contributed by atoms with E-state index in [-0.39, 0.29) is 33.9 Å². The van der Waals surface area contributed by atoms with Gasteiger partial charge >= 0.3 is 0 Å². The molecule has 0 saturated heterocycles. The SMILES string of the molecule is COc1ccc(CO[Si](C)(C)C(C)(C)C)c(OC)c1S(=O)(=O)Nc1noc2cccc(OC)c12.